The molecule has 1 N–H and O–H groups in total. The van der Waals surface area contributed by atoms with E-state index in [1.165, 1.54) is 0 Å². The van der Waals surface area contributed by atoms with E-state index in [-0.39, 0.29) is 54.2 Å². The maximum atomic E-state index is 14.6. The third-order valence-electron chi connectivity index (χ3n) is 8.52. The lowest BCUT2D eigenvalue weighted by molar-refractivity contribution is -0.154. The number of thioether (sulfide) groups is 1. The largest absolute Gasteiger partial charge is 0.465 e. The van der Waals surface area contributed by atoms with Crippen LogP contribution in [0.1, 0.15) is 39.5 Å². The maximum Gasteiger partial charge on any atom is 0.310 e. The van der Waals surface area contributed by atoms with Gasteiger partial charge in [-0.2, -0.15) is 0 Å². The van der Waals surface area contributed by atoms with Gasteiger partial charge in [0.05, 0.1) is 23.2 Å². The Morgan fingerprint density at radius 1 is 1.17 bits per heavy atom. The Balaban J connectivity index is 1.69. The van der Waals surface area contributed by atoms with Gasteiger partial charge in [-0.05, 0) is 63.8 Å². The van der Waals surface area contributed by atoms with Gasteiger partial charge in [0.2, 0.25) is 5.91 Å². The number of allylic oxidation sites excluding steroid dienone is 1. The number of amides is 2. The van der Waals surface area contributed by atoms with Crippen LogP contribution in [0.3, 0.4) is 0 Å². The molecule has 224 valence electrons. The molecule has 10 heteroatoms. The van der Waals surface area contributed by atoms with E-state index in [9.17, 15) is 19.5 Å². The highest BCUT2D eigenvalue weighted by Gasteiger charge is 2.76. The summed E-state index contributed by atoms with van der Waals surface area (Å²) in [7, 11) is 0. The van der Waals surface area contributed by atoms with E-state index in [1.54, 1.807) is 33.7 Å². The minimum atomic E-state index is -0.775. The topological polar surface area (TPSA) is 90.4 Å². The smallest absolute Gasteiger partial charge is 0.310 e. The van der Waals surface area contributed by atoms with Crippen LogP contribution in [0.25, 0.3) is 0 Å². The van der Waals surface area contributed by atoms with E-state index < -0.39 is 22.6 Å². The first kappa shape index (κ1) is 31.6. The number of unbranched alkanes of at least 4 members (excludes halogenated alkanes) is 1. The van der Waals surface area contributed by atoms with Gasteiger partial charge in [0, 0.05) is 54.2 Å². The number of hydrogen-bond donors (Lipinski definition) is 1. The molecule has 3 fully saturated rings. The predicted octanol–water partition coefficient (Wildman–Crippen LogP) is 4.41. The number of esters is 1. The molecule has 3 unspecified atom stereocenters. The Morgan fingerprint density at radius 2 is 1.85 bits per heavy atom. The molecule has 0 radical (unpaired) electrons. The van der Waals surface area contributed by atoms with Gasteiger partial charge in [0.15, 0.2) is 0 Å². The van der Waals surface area contributed by atoms with E-state index in [0.29, 0.717) is 19.3 Å². The second-order valence-corrected chi connectivity index (χ2v) is 13.5. The molecule has 3 saturated heterocycles. The number of benzene rings is 1. The highest BCUT2D eigenvalue weighted by atomic mass is 79.9. The average molecular weight is 649 g/mol. The molecule has 1 aromatic carbocycles. The molecule has 0 aliphatic carbocycles. The van der Waals surface area contributed by atoms with Crippen LogP contribution >= 0.6 is 27.7 Å². The number of rotatable bonds is 15. The van der Waals surface area contributed by atoms with Gasteiger partial charge in [0.25, 0.3) is 5.91 Å². The average Bonchev–Trinajstić information content (AvgIpc) is 3.56. The standard InChI is InChI=1S/C31H42BrN3O5S/c1-5-9-10-19-40-30(39)24-25-28(37)35(17-11-18-36)27(31(25)20-23(32)26(24)41-31)29(38)34(16-6-2)22-14-12-21(13-15-22)33(7-3)8-4/h5-6,12-15,23-27,36H,1-2,7-11,16-20H2,3-4H3/t23?,24-,25+,26-,27?,31?/m1/s1. The van der Waals surface area contributed by atoms with Crippen molar-refractivity contribution in [1.29, 1.82) is 0 Å². The van der Waals surface area contributed by atoms with Crippen molar-refractivity contribution >= 4 is 56.9 Å². The van der Waals surface area contributed by atoms with E-state index in [0.717, 1.165) is 30.9 Å². The predicted molar refractivity (Wildman–Crippen MR) is 169 cm³/mol. The first-order valence-corrected chi connectivity index (χ1v) is 16.4. The first-order chi connectivity index (χ1) is 19.8. The summed E-state index contributed by atoms with van der Waals surface area (Å²) >= 11 is 5.38. The third kappa shape index (κ3) is 5.84. The Labute approximate surface area is 256 Å². The minimum Gasteiger partial charge on any atom is -0.465 e. The molecule has 0 aromatic heterocycles. The minimum absolute atomic E-state index is 0.0309. The number of aliphatic hydroxyl groups is 1. The molecule has 2 bridgehead atoms. The van der Waals surface area contributed by atoms with Gasteiger partial charge in [-0.15, -0.1) is 24.9 Å². The highest BCUT2D eigenvalue weighted by Crippen LogP contribution is 2.68. The Bertz CT molecular complexity index is 1130. The van der Waals surface area contributed by atoms with Crippen LogP contribution in [0.4, 0.5) is 11.4 Å². The summed E-state index contributed by atoms with van der Waals surface area (Å²) in [5.41, 5.74) is 1.80. The SMILES string of the molecule is C=CCCCOC(=O)[C@H]1[C@@H]2SC3(CC2Br)C(C(=O)N(CC=C)c2ccc(N(CC)CC)cc2)N(CCCO)C(=O)[C@H]13. The molecule has 3 aliphatic rings. The number of fused-ring (bicyclic) bond motifs is 1. The van der Waals surface area contributed by atoms with Crippen molar-refractivity contribution in [3.63, 3.8) is 0 Å². The second-order valence-electron chi connectivity index (χ2n) is 10.8. The number of nitrogens with zero attached hydrogens (tertiary/aromatic N) is 3. The van der Waals surface area contributed by atoms with Crippen molar-refractivity contribution in [2.45, 2.75) is 60.4 Å². The van der Waals surface area contributed by atoms with Gasteiger partial charge in [-0.25, -0.2) is 0 Å². The summed E-state index contributed by atoms with van der Waals surface area (Å²) in [6.45, 7) is 14.3. The normalized spacial score (nSPS) is 28.0. The number of aliphatic hydroxyl groups excluding tert-OH is 1. The zero-order chi connectivity index (χ0) is 29.7. The summed E-state index contributed by atoms with van der Waals surface area (Å²) in [5, 5.41) is 9.47. The Morgan fingerprint density at radius 3 is 2.46 bits per heavy atom. The quantitative estimate of drug-likeness (QED) is 0.131. The number of anilines is 2. The van der Waals surface area contributed by atoms with Crippen molar-refractivity contribution in [3.8, 4) is 0 Å². The molecule has 2 amide bonds. The maximum absolute atomic E-state index is 14.6. The number of likely N-dealkylation sites (tertiary alicyclic amines) is 1. The van der Waals surface area contributed by atoms with E-state index in [4.69, 9.17) is 4.74 Å². The van der Waals surface area contributed by atoms with Crippen LogP contribution in [0.2, 0.25) is 0 Å². The van der Waals surface area contributed by atoms with Crippen molar-refractivity contribution < 1.29 is 24.2 Å². The van der Waals surface area contributed by atoms with Crippen LogP contribution in [-0.4, -0.2) is 88.0 Å². The Hall–Kier alpha value is -2.30. The van der Waals surface area contributed by atoms with E-state index in [1.807, 2.05) is 24.3 Å². The molecule has 6 atom stereocenters. The number of ether oxygens (including phenoxy) is 1. The molecule has 3 heterocycles. The molecule has 0 saturated carbocycles. The van der Waals surface area contributed by atoms with Crippen molar-refractivity contribution in [2.24, 2.45) is 11.8 Å². The summed E-state index contributed by atoms with van der Waals surface area (Å²) in [6, 6.07) is 7.13. The van der Waals surface area contributed by atoms with Crippen LogP contribution in [-0.2, 0) is 19.1 Å². The van der Waals surface area contributed by atoms with E-state index in [2.05, 4.69) is 47.8 Å². The van der Waals surface area contributed by atoms with E-state index >= 15 is 0 Å². The molecule has 4 rings (SSSR count). The summed E-state index contributed by atoms with van der Waals surface area (Å²) in [5.74, 6) is -2.05. The number of carbonyl (C=O) groups is 3. The van der Waals surface area contributed by atoms with Gasteiger partial charge in [-0.1, -0.05) is 28.1 Å². The van der Waals surface area contributed by atoms with Crippen LogP contribution < -0.4 is 9.80 Å². The second kappa shape index (κ2) is 13.8. The molecule has 8 nitrogen and oxygen atoms in total. The van der Waals surface area contributed by atoms with Crippen molar-refractivity contribution in [3.05, 3.63) is 49.6 Å². The first-order valence-electron chi connectivity index (χ1n) is 14.6. The van der Waals surface area contributed by atoms with Crippen LogP contribution in [0.15, 0.2) is 49.6 Å². The van der Waals surface area contributed by atoms with Crippen molar-refractivity contribution in [1.82, 2.24) is 4.90 Å². The summed E-state index contributed by atoms with van der Waals surface area (Å²) in [6.07, 6.45) is 5.83. The molecular formula is C31H42BrN3O5S. The molecule has 1 spiro atoms. The number of carbonyl (C=O) groups excluding carboxylic acids is 3. The van der Waals surface area contributed by atoms with Gasteiger partial charge in [0.1, 0.15) is 6.04 Å². The number of alkyl halides is 1. The lowest BCUT2D eigenvalue weighted by Gasteiger charge is -2.38. The van der Waals surface area contributed by atoms with Crippen molar-refractivity contribution in [2.75, 3.05) is 49.2 Å². The number of hydrogen-bond acceptors (Lipinski definition) is 7. The summed E-state index contributed by atoms with van der Waals surface area (Å²) in [4.78, 5) is 47.6. The summed E-state index contributed by atoms with van der Waals surface area (Å²) < 4.78 is 4.88. The number of halogens is 1. The molecule has 41 heavy (non-hydrogen) atoms. The van der Waals surface area contributed by atoms with Gasteiger partial charge < -0.3 is 24.5 Å². The zero-order valence-electron chi connectivity index (χ0n) is 24.0. The molecular weight excluding hydrogens is 606 g/mol. The fraction of sp³-hybridized carbons (Fsp3) is 0.581. The van der Waals surface area contributed by atoms with Crippen LogP contribution in [0.5, 0.6) is 0 Å². The molecule has 3 aliphatic heterocycles. The third-order valence-corrected chi connectivity index (χ3v) is 11.7. The van der Waals surface area contributed by atoms with Crippen LogP contribution in [0, 0.1) is 11.8 Å². The highest BCUT2D eigenvalue weighted by molar-refractivity contribution is 9.09. The van der Waals surface area contributed by atoms with Gasteiger partial charge >= 0.3 is 5.97 Å². The monoisotopic (exact) mass is 647 g/mol. The Kier molecular flexibility index (Phi) is 10.6. The lowest BCUT2D eigenvalue weighted by atomic mass is 9.71. The fourth-order valence-corrected chi connectivity index (χ4v) is 10.3. The fourth-order valence-electron chi connectivity index (χ4n) is 6.69. The zero-order valence-corrected chi connectivity index (χ0v) is 26.4. The lowest BCUT2D eigenvalue weighted by Crippen LogP contribution is -2.55. The van der Waals surface area contributed by atoms with Gasteiger partial charge in [-0.3, -0.25) is 14.4 Å². The molecule has 1 aromatic rings.